The van der Waals surface area contributed by atoms with Crippen LogP contribution in [0.3, 0.4) is 0 Å². The van der Waals surface area contributed by atoms with Gasteiger partial charge in [-0.05, 0) is 0 Å². The van der Waals surface area contributed by atoms with Gasteiger partial charge >= 0.3 is 5.97 Å². The Kier molecular flexibility index (Phi) is 4.19. The molecule has 0 aromatic rings. The zero-order valence-electron chi connectivity index (χ0n) is 8.17. The molecule has 1 rings (SSSR count). The van der Waals surface area contributed by atoms with Crippen molar-refractivity contribution >= 4 is 5.97 Å². The Hall–Kier alpha value is -0.770. The lowest BCUT2D eigenvalue weighted by Gasteiger charge is -2.26. The average Bonchev–Trinajstić information content (AvgIpc) is 2.54. The lowest BCUT2D eigenvalue weighted by Crippen LogP contribution is -2.50. The molecule has 0 bridgehead atoms. The Bertz CT molecular complexity index is 256. The van der Waals surface area contributed by atoms with Crippen LogP contribution >= 0.6 is 0 Å². The first-order chi connectivity index (χ1) is 7.40. The molecular weight excluding hydrogens is 224 g/mol. The molecule has 8 heteroatoms. The van der Waals surface area contributed by atoms with E-state index in [1.165, 1.54) is 0 Å². The molecule has 1 aliphatic rings. The molecule has 1 aliphatic heterocycles. The second-order valence-electron chi connectivity index (χ2n) is 3.57. The van der Waals surface area contributed by atoms with Crippen LogP contribution in [-0.4, -0.2) is 79.8 Å². The summed E-state index contributed by atoms with van der Waals surface area (Å²) in [5.41, 5.74) is 0. The summed E-state index contributed by atoms with van der Waals surface area (Å²) in [7, 11) is 0. The lowest BCUT2D eigenvalue weighted by molar-refractivity contribution is -0.159. The highest BCUT2D eigenvalue weighted by atomic mass is 16.6. The molecule has 1 unspecified atom stereocenters. The molecule has 1 heterocycles. The summed E-state index contributed by atoms with van der Waals surface area (Å²) in [6.07, 6.45) is -10.3. The molecule has 16 heavy (non-hydrogen) atoms. The maximum absolute atomic E-state index is 10.8. The van der Waals surface area contributed by atoms with Crippen LogP contribution in [0.15, 0.2) is 0 Å². The maximum Gasteiger partial charge on any atom is 0.338 e. The minimum atomic E-state index is -1.81. The molecule has 0 amide bonds. The predicted octanol–water partition coefficient (Wildman–Crippen LogP) is -4.29. The zero-order chi connectivity index (χ0) is 12.5. The maximum atomic E-state index is 10.8. The van der Waals surface area contributed by atoms with Crippen LogP contribution in [0.2, 0.25) is 0 Å². The summed E-state index contributed by atoms with van der Waals surface area (Å²) in [6, 6.07) is 0. The quantitative estimate of drug-likeness (QED) is 0.269. The molecule has 6 N–H and O–H groups in total. The first kappa shape index (κ1) is 13.3. The van der Waals surface area contributed by atoms with E-state index >= 15 is 0 Å². The van der Waals surface area contributed by atoms with E-state index in [0.717, 1.165) is 0 Å². The number of hydrogen-bond acceptors (Lipinski definition) is 8. The number of aliphatic hydroxyl groups is 6. The van der Waals surface area contributed by atoms with Gasteiger partial charge in [0.1, 0.15) is 24.4 Å². The Balaban J connectivity index is 2.68. The van der Waals surface area contributed by atoms with Crippen LogP contribution in [0.1, 0.15) is 0 Å². The van der Waals surface area contributed by atoms with Gasteiger partial charge in [0.2, 0.25) is 0 Å². The molecule has 0 spiro atoms. The largest absolute Gasteiger partial charge is 0.455 e. The van der Waals surface area contributed by atoms with Gasteiger partial charge in [-0.15, -0.1) is 0 Å². The van der Waals surface area contributed by atoms with E-state index in [1.54, 1.807) is 0 Å². The number of carbonyl (C=O) groups excluding carboxylic acids is 1. The molecule has 8 nitrogen and oxygen atoms in total. The van der Waals surface area contributed by atoms with Crippen molar-refractivity contribution in [3.05, 3.63) is 0 Å². The first-order valence-corrected chi connectivity index (χ1v) is 4.61. The number of ether oxygens (including phenoxy) is 1. The summed E-state index contributed by atoms with van der Waals surface area (Å²) in [5, 5.41) is 54.6. The first-order valence-electron chi connectivity index (χ1n) is 4.61. The fourth-order valence-corrected chi connectivity index (χ4v) is 1.39. The predicted molar refractivity (Wildman–Crippen MR) is 47.0 cm³/mol. The van der Waals surface area contributed by atoms with E-state index in [9.17, 15) is 20.1 Å². The lowest BCUT2D eigenvalue weighted by atomic mass is 9.99. The highest BCUT2D eigenvalue weighted by molar-refractivity contribution is 5.77. The molecule has 94 valence electrons. The van der Waals surface area contributed by atoms with Gasteiger partial charge in [0.25, 0.3) is 0 Å². The minimum Gasteiger partial charge on any atom is -0.455 e. The van der Waals surface area contributed by atoms with Gasteiger partial charge in [-0.25, -0.2) is 4.79 Å². The standard InChI is InChI=1S/C8H14O8/c9-1-2(10)3(11)4(12)7-5(13)6(14)8(15)16-7/h2-7,9-14H,1H2/t2-,3+,4?,5-,6+,7+/m0/s1. The van der Waals surface area contributed by atoms with Crippen LogP contribution in [0.25, 0.3) is 0 Å². The van der Waals surface area contributed by atoms with Crippen molar-refractivity contribution in [1.82, 2.24) is 0 Å². The summed E-state index contributed by atoms with van der Waals surface area (Å²) in [6.45, 7) is -0.808. The molecular formula is C8H14O8. The van der Waals surface area contributed by atoms with Gasteiger partial charge in [0.15, 0.2) is 12.2 Å². The molecule has 1 fully saturated rings. The van der Waals surface area contributed by atoms with E-state index in [1.807, 2.05) is 0 Å². The molecule has 0 radical (unpaired) electrons. The van der Waals surface area contributed by atoms with Gasteiger partial charge in [0.05, 0.1) is 6.61 Å². The highest BCUT2D eigenvalue weighted by Gasteiger charge is 2.48. The molecule has 0 aromatic heterocycles. The van der Waals surface area contributed by atoms with E-state index in [0.29, 0.717) is 0 Å². The van der Waals surface area contributed by atoms with Crippen LogP contribution in [0.4, 0.5) is 0 Å². The summed E-state index contributed by atoms with van der Waals surface area (Å²) < 4.78 is 4.42. The molecule has 1 saturated heterocycles. The number of rotatable bonds is 4. The van der Waals surface area contributed by atoms with E-state index in [-0.39, 0.29) is 0 Å². The Morgan fingerprint density at radius 1 is 1.25 bits per heavy atom. The van der Waals surface area contributed by atoms with Crippen molar-refractivity contribution in [3.63, 3.8) is 0 Å². The van der Waals surface area contributed by atoms with Crippen LogP contribution < -0.4 is 0 Å². The van der Waals surface area contributed by atoms with Gasteiger partial charge < -0.3 is 35.4 Å². The van der Waals surface area contributed by atoms with Crippen molar-refractivity contribution in [1.29, 1.82) is 0 Å². The Morgan fingerprint density at radius 2 is 1.81 bits per heavy atom. The third kappa shape index (κ3) is 2.32. The van der Waals surface area contributed by atoms with Crippen LogP contribution in [0.5, 0.6) is 0 Å². The molecule has 0 aromatic carbocycles. The zero-order valence-corrected chi connectivity index (χ0v) is 8.17. The minimum absolute atomic E-state index is 0.808. The third-order valence-corrected chi connectivity index (χ3v) is 2.42. The van der Waals surface area contributed by atoms with Crippen molar-refractivity contribution in [3.8, 4) is 0 Å². The summed E-state index contributed by atoms with van der Waals surface area (Å²) in [5.74, 6) is -1.12. The molecule has 0 saturated carbocycles. The van der Waals surface area contributed by atoms with Gasteiger partial charge in [-0.1, -0.05) is 0 Å². The second-order valence-corrected chi connectivity index (χ2v) is 3.57. The SMILES string of the molecule is O=C1O[C@H](C(O)[C@H](O)[C@@H](O)CO)[C@@H](O)[C@H]1O. The van der Waals surface area contributed by atoms with Crippen molar-refractivity contribution in [2.45, 2.75) is 36.6 Å². The van der Waals surface area contributed by atoms with Crippen molar-refractivity contribution < 1.29 is 40.2 Å². The van der Waals surface area contributed by atoms with Gasteiger partial charge in [0, 0.05) is 0 Å². The van der Waals surface area contributed by atoms with Crippen molar-refractivity contribution in [2.24, 2.45) is 0 Å². The van der Waals surface area contributed by atoms with E-state index in [2.05, 4.69) is 4.74 Å². The molecule has 0 aliphatic carbocycles. The highest BCUT2D eigenvalue weighted by Crippen LogP contribution is 2.21. The van der Waals surface area contributed by atoms with Gasteiger partial charge in [-0.2, -0.15) is 0 Å². The Labute approximate surface area is 90.3 Å². The van der Waals surface area contributed by atoms with E-state index in [4.69, 9.17) is 15.3 Å². The fourth-order valence-electron chi connectivity index (χ4n) is 1.39. The van der Waals surface area contributed by atoms with Crippen LogP contribution in [0, 0.1) is 0 Å². The van der Waals surface area contributed by atoms with E-state index < -0.39 is 49.2 Å². The average molecular weight is 238 g/mol. The van der Waals surface area contributed by atoms with Crippen LogP contribution in [-0.2, 0) is 9.53 Å². The fraction of sp³-hybridized carbons (Fsp3) is 0.875. The normalized spacial score (nSPS) is 35.6. The topological polar surface area (TPSA) is 148 Å². The number of cyclic esters (lactones) is 1. The number of hydrogen-bond donors (Lipinski definition) is 6. The monoisotopic (exact) mass is 238 g/mol. The Morgan fingerprint density at radius 3 is 2.19 bits per heavy atom. The number of esters is 1. The number of aliphatic hydroxyl groups excluding tert-OH is 6. The molecule has 6 atom stereocenters. The second kappa shape index (κ2) is 5.04. The number of carbonyl (C=O) groups is 1. The smallest absolute Gasteiger partial charge is 0.338 e. The summed E-state index contributed by atoms with van der Waals surface area (Å²) >= 11 is 0. The van der Waals surface area contributed by atoms with Crippen molar-refractivity contribution in [2.75, 3.05) is 6.61 Å². The third-order valence-electron chi connectivity index (χ3n) is 2.42. The summed E-state index contributed by atoms with van der Waals surface area (Å²) in [4.78, 5) is 10.8. The van der Waals surface area contributed by atoms with Gasteiger partial charge in [-0.3, -0.25) is 0 Å².